The minimum Gasteiger partial charge on any atom is -0.377 e. The molecule has 0 saturated carbocycles. The molecule has 2 aromatic heterocycles. The molecule has 0 bridgehead atoms. The number of nitrogens with zero attached hydrogens (tertiary/aromatic N) is 1. The largest absolute Gasteiger partial charge is 0.377 e. The summed E-state index contributed by atoms with van der Waals surface area (Å²) >= 11 is 1.46. The summed E-state index contributed by atoms with van der Waals surface area (Å²) in [7, 11) is 0. The van der Waals surface area contributed by atoms with Crippen LogP contribution in [0.15, 0.2) is 48.1 Å². The first kappa shape index (κ1) is 20.5. The van der Waals surface area contributed by atoms with Crippen LogP contribution in [0.4, 0.5) is 14.5 Å². The van der Waals surface area contributed by atoms with Gasteiger partial charge in [0.2, 0.25) is 0 Å². The quantitative estimate of drug-likeness (QED) is 0.360. The predicted molar refractivity (Wildman–Crippen MR) is 117 cm³/mol. The third-order valence-corrected chi connectivity index (χ3v) is 5.81. The fraction of sp³-hybridized carbons (Fsp3) is 0.227. The van der Waals surface area contributed by atoms with Crippen LogP contribution in [0, 0.1) is 11.6 Å². The van der Waals surface area contributed by atoms with Gasteiger partial charge in [0, 0.05) is 34.8 Å². The number of nitrogens with two attached hydrogens (primary N) is 1. The zero-order chi connectivity index (χ0) is 21.1. The molecule has 0 spiro atoms. The average molecular weight is 429 g/mol. The number of hydrogen-bond donors (Lipinski definition) is 3. The molecule has 0 saturated heterocycles. The van der Waals surface area contributed by atoms with Gasteiger partial charge in [-0.25, -0.2) is 13.8 Å². The molecule has 4 rings (SSSR count). The lowest BCUT2D eigenvalue weighted by Gasteiger charge is -2.20. The van der Waals surface area contributed by atoms with E-state index in [4.69, 9.17) is 10.5 Å². The minimum atomic E-state index is -0.893. The number of benzene rings is 2. The number of thiophene rings is 1. The van der Waals surface area contributed by atoms with Crippen molar-refractivity contribution in [3.05, 3.63) is 70.2 Å². The van der Waals surface area contributed by atoms with Crippen molar-refractivity contribution in [2.45, 2.75) is 19.6 Å². The first-order chi connectivity index (χ1) is 14.6. The number of hydrogen-bond acceptors (Lipinski definition) is 5. The van der Waals surface area contributed by atoms with Crippen molar-refractivity contribution in [2.24, 2.45) is 5.73 Å². The van der Waals surface area contributed by atoms with E-state index in [0.717, 1.165) is 21.6 Å². The van der Waals surface area contributed by atoms with E-state index >= 15 is 0 Å². The number of rotatable bonds is 8. The van der Waals surface area contributed by atoms with Crippen LogP contribution in [-0.4, -0.2) is 23.1 Å². The molecule has 0 radical (unpaired) electrons. The fourth-order valence-electron chi connectivity index (χ4n) is 3.35. The van der Waals surface area contributed by atoms with Gasteiger partial charge in [0.05, 0.1) is 30.0 Å². The molecular weight excluding hydrogens is 406 g/mol. The molecule has 0 aliphatic heterocycles. The van der Waals surface area contributed by atoms with Crippen molar-refractivity contribution < 1.29 is 13.5 Å². The highest BCUT2D eigenvalue weighted by molar-refractivity contribution is 7.10. The Hall–Kier alpha value is -2.81. The van der Waals surface area contributed by atoms with Crippen molar-refractivity contribution in [3.63, 3.8) is 0 Å². The maximum absolute atomic E-state index is 15.0. The van der Waals surface area contributed by atoms with Gasteiger partial charge in [-0.15, -0.1) is 11.3 Å². The summed E-state index contributed by atoms with van der Waals surface area (Å²) in [6.07, 6.45) is 1.60. The Balaban J connectivity index is 1.59. The topological polar surface area (TPSA) is 76.0 Å². The SMILES string of the molecule is CCOCc1cc(-c2ccc(C(CN)Nc3ccc4nc[nH]c4c3)c(F)c2F)cs1. The Morgan fingerprint density at radius 2 is 2.07 bits per heavy atom. The number of fused-ring (bicyclic) bond motifs is 1. The summed E-state index contributed by atoms with van der Waals surface area (Å²) in [5.41, 5.74) is 9.34. The van der Waals surface area contributed by atoms with Crippen LogP contribution in [0.5, 0.6) is 0 Å². The van der Waals surface area contributed by atoms with E-state index in [2.05, 4.69) is 15.3 Å². The third-order valence-electron chi connectivity index (χ3n) is 4.90. The molecule has 4 aromatic rings. The molecule has 1 atom stereocenters. The molecule has 0 amide bonds. The molecule has 2 heterocycles. The molecule has 8 heteroatoms. The second-order valence-electron chi connectivity index (χ2n) is 6.84. The first-order valence-electron chi connectivity index (χ1n) is 9.63. The third kappa shape index (κ3) is 4.07. The van der Waals surface area contributed by atoms with Crippen molar-refractivity contribution in [2.75, 3.05) is 18.5 Å². The Kier molecular flexibility index (Phi) is 6.08. The number of halogens is 2. The van der Waals surface area contributed by atoms with E-state index in [-0.39, 0.29) is 17.7 Å². The van der Waals surface area contributed by atoms with Crippen molar-refractivity contribution >= 4 is 28.1 Å². The van der Waals surface area contributed by atoms with Gasteiger partial charge in [-0.1, -0.05) is 12.1 Å². The van der Waals surface area contributed by atoms with Crippen LogP contribution in [0.25, 0.3) is 22.2 Å². The van der Waals surface area contributed by atoms with Gasteiger partial charge in [0.25, 0.3) is 0 Å². The molecule has 0 aliphatic rings. The number of anilines is 1. The monoisotopic (exact) mass is 428 g/mol. The summed E-state index contributed by atoms with van der Waals surface area (Å²) < 4.78 is 35.3. The van der Waals surface area contributed by atoms with Gasteiger partial charge >= 0.3 is 0 Å². The second-order valence-corrected chi connectivity index (χ2v) is 7.83. The number of imidazole rings is 1. The zero-order valence-corrected chi connectivity index (χ0v) is 17.2. The lowest BCUT2D eigenvalue weighted by Crippen LogP contribution is -2.22. The average Bonchev–Trinajstić information content (AvgIpc) is 3.41. The van der Waals surface area contributed by atoms with Crippen molar-refractivity contribution in [1.82, 2.24) is 9.97 Å². The Labute approximate surface area is 176 Å². The molecule has 4 N–H and O–H groups in total. The Bertz CT molecular complexity index is 1160. The number of H-pyrrole nitrogens is 1. The lowest BCUT2D eigenvalue weighted by atomic mass is 10.00. The molecule has 156 valence electrons. The van der Waals surface area contributed by atoms with E-state index in [1.54, 1.807) is 18.5 Å². The fourth-order valence-corrected chi connectivity index (χ4v) is 4.17. The maximum Gasteiger partial charge on any atom is 0.167 e. The second kappa shape index (κ2) is 8.91. The maximum atomic E-state index is 15.0. The van der Waals surface area contributed by atoms with E-state index in [1.165, 1.54) is 11.3 Å². The molecular formula is C22H22F2N4OS. The van der Waals surface area contributed by atoms with Gasteiger partial charge < -0.3 is 20.8 Å². The number of ether oxygens (including phenoxy) is 1. The van der Waals surface area contributed by atoms with Gasteiger partial charge in [0.15, 0.2) is 11.6 Å². The summed E-state index contributed by atoms with van der Waals surface area (Å²) in [6.45, 7) is 3.08. The summed E-state index contributed by atoms with van der Waals surface area (Å²) in [5, 5.41) is 5.00. The van der Waals surface area contributed by atoms with E-state index in [0.29, 0.717) is 18.8 Å². The zero-order valence-electron chi connectivity index (χ0n) is 16.4. The molecule has 0 fully saturated rings. The van der Waals surface area contributed by atoms with Gasteiger partial charge in [0.1, 0.15) is 0 Å². The Morgan fingerprint density at radius 3 is 2.87 bits per heavy atom. The molecule has 2 aromatic carbocycles. The molecule has 5 nitrogen and oxygen atoms in total. The standard InChI is InChI=1S/C22H22F2N4OS/c1-2-29-10-15-7-13(11-30-15)16-4-5-17(22(24)21(16)23)20(9-25)28-14-3-6-18-19(8-14)27-12-26-18/h3-8,11-12,20,28H,2,9-10,25H2,1H3,(H,26,27). The summed E-state index contributed by atoms with van der Waals surface area (Å²) in [5.74, 6) is -1.77. The highest BCUT2D eigenvalue weighted by Gasteiger charge is 2.21. The molecule has 1 unspecified atom stereocenters. The van der Waals surface area contributed by atoms with Crippen LogP contribution < -0.4 is 11.1 Å². The van der Waals surface area contributed by atoms with Crippen LogP contribution in [0.1, 0.15) is 23.4 Å². The summed E-state index contributed by atoms with van der Waals surface area (Å²) in [4.78, 5) is 8.17. The number of aromatic nitrogens is 2. The first-order valence-corrected chi connectivity index (χ1v) is 10.5. The van der Waals surface area contributed by atoms with Gasteiger partial charge in [-0.2, -0.15) is 0 Å². The van der Waals surface area contributed by atoms with Gasteiger partial charge in [-0.3, -0.25) is 0 Å². The number of aromatic amines is 1. The number of nitrogens with one attached hydrogen (secondary N) is 2. The summed E-state index contributed by atoms with van der Waals surface area (Å²) in [6, 6.07) is 9.98. The predicted octanol–water partition coefficient (Wildman–Crippen LogP) is 5.22. The highest BCUT2D eigenvalue weighted by atomic mass is 32.1. The van der Waals surface area contributed by atoms with Gasteiger partial charge in [-0.05, 0) is 42.1 Å². The van der Waals surface area contributed by atoms with Crippen molar-refractivity contribution in [1.29, 1.82) is 0 Å². The normalized spacial score (nSPS) is 12.4. The van der Waals surface area contributed by atoms with Crippen molar-refractivity contribution in [3.8, 4) is 11.1 Å². The molecule has 30 heavy (non-hydrogen) atoms. The smallest absolute Gasteiger partial charge is 0.167 e. The lowest BCUT2D eigenvalue weighted by molar-refractivity contribution is 0.136. The van der Waals surface area contributed by atoms with E-state index in [9.17, 15) is 8.78 Å². The van der Waals surface area contributed by atoms with Crippen LogP contribution >= 0.6 is 11.3 Å². The highest BCUT2D eigenvalue weighted by Crippen LogP contribution is 2.33. The van der Waals surface area contributed by atoms with E-state index < -0.39 is 17.7 Å². The minimum absolute atomic E-state index is 0.105. The van der Waals surface area contributed by atoms with Crippen LogP contribution in [0.3, 0.4) is 0 Å². The molecule has 0 aliphatic carbocycles. The van der Waals surface area contributed by atoms with Crippen LogP contribution in [0.2, 0.25) is 0 Å². The van der Waals surface area contributed by atoms with E-state index in [1.807, 2.05) is 36.6 Å². The Morgan fingerprint density at radius 1 is 1.20 bits per heavy atom. The van der Waals surface area contributed by atoms with Crippen LogP contribution in [-0.2, 0) is 11.3 Å².